The highest BCUT2D eigenvalue weighted by atomic mass is 32.2. The van der Waals surface area contributed by atoms with Crippen LogP contribution < -0.4 is 0 Å². The number of thioether (sulfide) groups is 1. The number of nitrogens with zero attached hydrogens (tertiary/aromatic N) is 1. The molecule has 0 radical (unpaired) electrons. The molecular formula is C14H23NO4S. The number of hydrogen-bond acceptors (Lipinski definition) is 5. The van der Waals surface area contributed by atoms with E-state index in [2.05, 4.69) is 0 Å². The summed E-state index contributed by atoms with van der Waals surface area (Å²) in [6.45, 7) is 10.3. The Morgan fingerprint density at radius 1 is 1.35 bits per heavy atom. The third-order valence-electron chi connectivity index (χ3n) is 2.87. The molecule has 0 bridgehead atoms. The highest BCUT2D eigenvalue weighted by molar-refractivity contribution is 8.01. The summed E-state index contributed by atoms with van der Waals surface area (Å²) in [6.07, 6.45) is 2.36. The summed E-state index contributed by atoms with van der Waals surface area (Å²) >= 11 is 1.46. The fourth-order valence-corrected chi connectivity index (χ4v) is 3.36. The minimum Gasteiger partial charge on any atom is -0.455 e. The van der Waals surface area contributed by atoms with E-state index in [0.717, 1.165) is 0 Å². The lowest BCUT2D eigenvalue weighted by molar-refractivity contribution is -0.161. The van der Waals surface area contributed by atoms with Crippen LogP contribution in [-0.4, -0.2) is 43.7 Å². The Labute approximate surface area is 124 Å². The summed E-state index contributed by atoms with van der Waals surface area (Å²) in [6, 6.07) is 0. The molecule has 0 saturated heterocycles. The Bertz CT molecular complexity index is 425. The fraction of sp³-hybridized carbons (Fsp3) is 0.714. The van der Waals surface area contributed by atoms with Gasteiger partial charge in [0.05, 0.1) is 0 Å². The van der Waals surface area contributed by atoms with Crippen molar-refractivity contribution in [2.45, 2.75) is 63.4 Å². The smallest absolute Gasteiger partial charge is 0.303 e. The van der Waals surface area contributed by atoms with Gasteiger partial charge in [-0.15, -0.1) is 11.8 Å². The second-order valence-electron chi connectivity index (χ2n) is 6.11. The molecule has 1 aliphatic rings. The SMILES string of the molecule is CC(=O)O[C@H]1C=CN(C(C)=O)[C@@H](SC(C)(C)C)[C@@]1(C)O. The van der Waals surface area contributed by atoms with Crippen molar-refractivity contribution in [3.63, 3.8) is 0 Å². The molecule has 0 aliphatic carbocycles. The first-order chi connectivity index (χ1) is 8.95. The first kappa shape index (κ1) is 17.0. The van der Waals surface area contributed by atoms with Gasteiger partial charge in [0.1, 0.15) is 11.0 Å². The molecule has 6 heteroatoms. The number of carbonyl (C=O) groups is 2. The Morgan fingerprint density at radius 2 is 1.90 bits per heavy atom. The van der Waals surface area contributed by atoms with Gasteiger partial charge in [0, 0.05) is 24.8 Å². The van der Waals surface area contributed by atoms with Crippen molar-refractivity contribution < 1.29 is 19.4 Å². The Balaban J connectivity index is 3.14. The molecule has 114 valence electrons. The van der Waals surface area contributed by atoms with E-state index in [0.29, 0.717) is 0 Å². The van der Waals surface area contributed by atoms with Gasteiger partial charge in [0.15, 0.2) is 6.10 Å². The number of hydrogen-bond donors (Lipinski definition) is 1. The standard InChI is InChI=1S/C14H23NO4S/c1-9(16)15-8-7-11(19-10(2)17)14(6,18)12(15)20-13(3,4)5/h7-8,11-12,18H,1-6H3/t11-,12-,14-/m0/s1. The third-order valence-corrected chi connectivity index (χ3v) is 4.51. The van der Waals surface area contributed by atoms with Crippen LogP contribution in [0.15, 0.2) is 12.3 Å². The van der Waals surface area contributed by atoms with Gasteiger partial charge in [0.2, 0.25) is 5.91 Å². The van der Waals surface area contributed by atoms with Crippen molar-refractivity contribution in [2.24, 2.45) is 0 Å². The largest absolute Gasteiger partial charge is 0.455 e. The number of amides is 1. The molecule has 1 N–H and O–H groups in total. The van der Waals surface area contributed by atoms with Crippen molar-refractivity contribution in [3.8, 4) is 0 Å². The molecule has 1 amide bonds. The molecule has 0 aromatic rings. The third kappa shape index (κ3) is 3.99. The highest BCUT2D eigenvalue weighted by Gasteiger charge is 2.48. The van der Waals surface area contributed by atoms with Crippen LogP contribution in [0.1, 0.15) is 41.5 Å². The minimum atomic E-state index is -1.36. The Morgan fingerprint density at radius 3 is 2.30 bits per heavy atom. The second kappa shape index (κ2) is 5.77. The first-order valence-electron chi connectivity index (χ1n) is 6.50. The average molecular weight is 301 g/mol. The molecule has 3 atom stereocenters. The van der Waals surface area contributed by atoms with Crippen LogP contribution in [0.3, 0.4) is 0 Å². The van der Waals surface area contributed by atoms with Crippen molar-refractivity contribution in [3.05, 3.63) is 12.3 Å². The fourth-order valence-electron chi connectivity index (χ4n) is 1.98. The normalized spacial score (nSPS) is 30.2. The van der Waals surface area contributed by atoms with E-state index < -0.39 is 23.0 Å². The molecular weight excluding hydrogens is 278 g/mol. The van der Waals surface area contributed by atoms with E-state index in [-0.39, 0.29) is 10.7 Å². The number of aliphatic hydroxyl groups is 1. The zero-order valence-corrected chi connectivity index (χ0v) is 13.7. The average Bonchev–Trinajstić information content (AvgIpc) is 2.21. The van der Waals surface area contributed by atoms with Crippen molar-refractivity contribution in [2.75, 3.05) is 0 Å². The number of esters is 1. The van der Waals surface area contributed by atoms with Crippen LogP contribution in [-0.2, 0) is 14.3 Å². The van der Waals surface area contributed by atoms with Gasteiger partial charge in [-0.05, 0) is 13.0 Å². The van der Waals surface area contributed by atoms with Gasteiger partial charge >= 0.3 is 5.97 Å². The van der Waals surface area contributed by atoms with Crippen molar-refractivity contribution >= 4 is 23.6 Å². The number of rotatable bonds is 2. The van der Waals surface area contributed by atoms with E-state index >= 15 is 0 Å². The van der Waals surface area contributed by atoms with E-state index in [4.69, 9.17) is 4.74 Å². The summed E-state index contributed by atoms with van der Waals surface area (Å²) in [7, 11) is 0. The second-order valence-corrected chi connectivity index (χ2v) is 8.01. The van der Waals surface area contributed by atoms with Crippen molar-refractivity contribution in [1.29, 1.82) is 0 Å². The van der Waals surface area contributed by atoms with Gasteiger partial charge in [-0.2, -0.15) is 0 Å². The van der Waals surface area contributed by atoms with Gasteiger partial charge in [-0.3, -0.25) is 9.59 Å². The predicted octanol–water partition coefficient (Wildman–Crippen LogP) is 1.90. The summed E-state index contributed by atoms with van der Waals surface area (Å²) < 4.78 is 4.99. The monoisotopic (exact) mass is 301 g/mol. The van der Waals surface area contributed by atoms with E-state index in [1.807, 2.05) is 20.8 Å². The zero-order chi connectivity index (χ0) is 15.7. The quantitative estimate of drug-likeness (QED) is 0.789. The van der Waals surface area contributed by atoms with Crippen LogP contribution in [0.4, 0.5) is 0 Å². The molecule has 0 unspecified atom stereocenters. The van der Waals surface area contributed by atoms with Gasteiger partial charge in [-0.1, -0.05) is 20.8 Å². The molecule has 0 saturated carbocycles. The summed E-state index contributed by atoms with van der Waals surface area (Å²) in [5.74, 6) is -0.625. The molecule has 0 aromatic carbocycles. The highest BCUT2D eigenvalue weighted by Crippen LogP contribution is 2.41. The molecule has 1 heterocycles. The molecule has 1 aliphatic heterocycles. The van der Waals surface area contributed by atoms with Crippen LogP contribution in [0, 0.1) is 0 Å². The van der Waals surface area contributed by atoms with E-state index in [9.17, 15) is 14.7 Å². The maximum atomic E-state index is 11.8. The van der Waals surface area contributed by atoms with E-state index in [1.165, 1.54) is 30.5 Å². The lowest BCUT2D eigenvalue weighted by atomic mass is 9.94. The van der Waals surface area contributed by atoms with Crippen LogP contribution in [0.5, 0.6) is 0 Å². The molecule has 1 rings (SSSR count). The van der Waals surface area contributed by atoms with E-state index in [1.54, 1.807) is 19.2 Å². The molecule has 5 nitrogen and oxygen atoms in total. The first-order valence-corrected chi connectivity index (χ1v) is 7.38. The molecule has 0 spiro atoms. The molecule has 0 fully saturated rings. The van der Waals surface area contributed by atoms with Gasteiger partial charge < -0.3 is 14.7 Å². The number of ether oxygens (including phenoxy) is 1. The summed E-state index contributed by atoms with van der Waals surface area (Å²) in [4.78, 5) is 24.4. The lowest BCUT2D eigenvalue weighted by Gasteiger charge is -2.46. The maximum absolute atomic E-state index is 11.8. The Kier molecular flexibility index (Phi) is 4.92. The summed E-state index contributed by atoms with van der Waals surface area (Å²) in [5, 5.41) is 10.3. The van der Waals surface area contributed by atoms with Crippen LogP contribution >= 0.6 is 11.8 Å². The van der Waals surface area contributed by atoms with Crippen LogP contribution in [0.2, 0.25) is 0 Å². The Hall–Kier alpha value is -1.01. The van der Waals surface area contributed by atoms with Gasteiger partial charge in [0.25, 0.3) is 0 Å². The van der Waals surface area contributed by atoms with Crippen molar-refractivity contribution in [1.82, 2.24) is 4.90 Å². The minimum absolute atomic E-state index is 0.158. The molecule has 20 heavy (non-hydrogen) atoms. The number of carbonyl (C=O) groups excluding carboxylic acids is 2. The maximum Gasteiger partial charge on any atom is 0.303 e. The predicted molar refractivity (Wildman–Crippen MR) is 79.0 cm³/mol. The topological polar surface area (TPSA) is 66.8 Å². The zero-order valence-electron chi connectivity index (χ0n) is 12.8. The molecule has 0 aromatic heterocycles. The summed E-state index contributed by atoms with van der Waals surface area (Å²) in [5.41, 5.74) is -1.36. The van der Waals surface area contributed by atoms with Gasteiger partial charge in [-0.25, -0.2) is 0 Å². The van der Waals surface area contributed by atoms with Crippen LogP contribution in [0.25, 0.3) is 0 Å². The lowest BCUT2D eigenvalue weighted by Crippen LogP contribution is -2.59.